The van der Waals surface area contributed by atoms with Gasteiger partial charge in [0, 0.05) is 26.2 Å². The zero-order valence-electron chi connectivity index (χ0n) is 14.3. The SMILES string of the molecule is Cc1c(S(=O)(=O)N2CCCCC2C(C)CN(C)C)cnn1C. The Labute approximate surface area is 134 Å². The summed E-state index contributed by atoms with van der Waals surface area (Å²) in [6.07, 6.45) is 4.45. The van der Waals surface area contributed by atoms with Crippen LogP contribution in [0, 0.1) is 12.8 Å². The average Bonchev–Trinajstić information content (AvgIpc) is 2.79. The highest BCUT2D eigenvalue weighted by Gasteiger charge is 2.37. The standard InChI is InChI=1S/C15H28N4O2S/c1-12(11-17(3)4)14-8-6-7-9-19(14)22(20,21)15-10-16-18(5)13(15)2/h10,12,14H,6-9,11H2,1-5H3. The zero-order chi connectivity index (χ0) is 16.5. The number of rotatable bonds is 5. The van der Waals surface area contributed by atoms with Crippen molar-refractivity contribution >= 4 is 10.0 Å². The molecule has 2 unspecified atom stereocenters. The van der Waals surface area contributed by atoms with E-state index in [9.17, 15) is 8.42 Å². The molecule has 1 fully saturated rings. The average molecular weight is 328 g/mol. The highest BCUT2D eigenvalue weighted by Crippen LogP contribution is 2.30. The van der Waals surface area contributed by atoms with Gasteiger partial charge in [0.1, 0.15) is 4.90 Å². The third-order valence-corrected chi connectivity index (χ3v) is 6.61. The molecular weight excluding hydrogens is 300 g/mol. The summed E-state index contributed by atoms with van der Waals surface area (Å²) in [6, 6.07) is 0.0701. The molecule has 1 aliphatic heterocycles. The summed E-state index contributed by atoms with van der Waals surface area (Å²) in [4.78, 5) is 2.47. The molecule has 0 spiro atoms. The number of aromatic nitrogens is 2. The molecule has 2 rings (SSSR count). The number of nitrogens with zero attached hydrogens (tertiary/aromatic N) is 4. The fourth-order valence-corrected chi connectivity index (χ4v) is 5.33. The van der Waals surface area contributed by atoms with E-state index >= 15 is 0 Å². The second kappa shape index (κ2) is 6.68. The molecule has 1 aromatic rings. The van der Waals surface area contributed by atoms with Crippen LogP contribution in [0.25, 0.3) is 0 Å². The molecule has 7 heteroatoms. The first-order valence-corrected chi connectivity index (χ1v) is 9.34. The van der Waals surface area contributed by atoms with Gasteiger partial charge < -0.3 is 4.90 Å². The summed E-state index contributed by atoms with van der Waals surface area (Å²) < 4.78 is 29.5. The predicted octanol–water partition coefficient (Wildman–Crippen LogP) is 1.47. The molecule has 6 nitrogen and oxygen atoms in total. The van der Waals surface area contributed by atoms with Gasteiger partial charge in [0.25, 0.3) is 0 Å². The quantitative estimate of drug-likeness (QED) is 0.821. The Morgan fingerprint density at radius 2 is 2.09 bits per heavy atom. The fourth-order valence-electron chi connectivity index (χ4n) is 3.35. The summed E-state index contributed by atoms with van der Waals surface area (Å²) in [6.45, 7) is 5.46. The monoisotopic (exact) mass is 328 g/mol. The Morgan fingerprint density at radius 1 is 1.41 bits per heavy atom. The normalized spacial score (nSPS) is 22.2. The van der Waals surface area contributed by atoms with Crippen molar-refractivity contribution in [2.24, 2.45) is 13.0 Å². The lowest BCUT2D eigenvalue weighted by molar-refractivity contribution is 0.168. The maximum atomic E-state index is 13.1. The van der Waals surface area contributed by atoms with Gasteiger partial charge in [-0.1, -0.05) is 13.3 Å². The molecule has 0 amide bonds. The van der Waals surface area contributed by atoms with Gasteiger partial charge in [0.05, 0.1) is 11.9 Å². The maximum Gasteiger partial charge on any atom is 0.246 e. The van der Waals surface area contributed by atoms with E-state index in [-0.39, 0.29) is 6.04 Å². The van der Waals surface area contributed by atoms with Crippen LogP contribution in [-0.2, 0) is 17.1 Å². The van der Waals surface area contributed by atoms with Crippen molar-refractivity contribution in [3.05, 3.63) is 11.9 Å². The van der Waals surface area contributed by atoms with Crippen molar-refractivity contribution < 1.29 is 8.42 Å². The molecule has 22 heavy (non-hydrogen) atoms. The third-order valence-electron chi connectivity index (χ3n) is 4.59. The van der Waals surface area contributed by atoms with Gasteiger partial charge in [-0.2, -0.15) is 9.40 Å². The first-order chi connectivity index (χ1) is 10.2. The van der Waals surface area contributed by atoms with Crippen LogP contribution >= 0.6 is 0 Å². The fraction of sp³-hybridized carbons (Fsp3) is 0.800. The first kappa shape index (κ1) is 17.4. The minimum atomic E-state index is -3.47. The van der Waals surface area contributed by atoms with Gasteiger partial charge in [-0.25, -0.2) is 8.42 Å². The summed E-state index contributed by atoms with van der Waals surface area (Å²) in [7, 11) is 2.37. The molecule has 0 saturated carbocycles. The van der Waals surface area contributed by atoms with Crippen molar-refractivity contribution in [3.63, 3.8) is 0 Å². The van der Waals surface area contributed by atoms with E-state index in [0.717, 1.165) is 25.8 Å². The molecular formula is C15H28N4O2S. The molecule has 0 aliphatic carbocycles. The van der Waals surface area contributed by atoms with Gasteiger partial charge in [0.2, 0.25) is 10.0 Å². The number of piperidine rings is 1. The van der Waals surface area contributed by atoms with Crippen LogP contribution in [0.3, 0.4) is 0 Å². The van der Waals surface area contributed by atoms with Crippen molar-refractivity contribution in [1.82, 2.24) is 19.0 Å². The topological polar surface area (TPSA) is 58.4 Å². The Hall–Kier alpha value is -0.920. The van der Waals surface area contributed by atoms with Crippen LogP contribution in [0.15, 0.2) is 11.1 Å². The van der Waals surface area contributed by atoms with Crippen LogP contribution in [0.2, 0.25) is 0 Å². The van der Waals surface area contributed by atoms with Crippen LogP contribution in [0.4, 0.5) is 0 Å². The summed E-state index contributed by atoms with van der Waals surface area (Å²) in [5.41, 5.74) is 0.699. The van der Waals surface area contributed by atoms with Crippen molar-refractivity contribution in [1.29, 1.82) is 0 Å². The van der Waals surface area contributed by atoms with Gasteiger partial charge in [-0.15, -0.1) is 0 Å². The van der Waals surface area contributed by atoms with Gasteiger partial charge >= 0.3 is 0 Å². The first-order valence-electron chi connectivity index (χ1n) is 7.90. The lowest BCUT2D eigenvalue weighted by Gasteiger charge is -2.39. The third kappa shape index (κ3) is 3.36. The lowest BCUT2D eigenvalue weighted by Crippen LogP contribution is -2.48. The lowest BCUT2D eigenvalue weighted by atomic mass is 9.93. The molecule has 1 saturated heterocycles. The summed E-state index contributed by atoms with van der Waals surface area (Å²) in [5.74, 6) is 0.307. The van der Waals surface area contributed by atoms with Gasteiger partial charge in [0.15, 0.2) is 0 Å². The smallest absolute Gasteiger partial charge is 0.246 e. The number of hydrogen-bond acceptors (Lipinski definition) is 4. The molecule has 126 valence electrons. The minimum absolute atomic E-state index is 0.0701. The van der Waals surface area contributed by atoms with Crippen molar-refractivity contribution in [3.8, 4) is 0 Å². The number of aryl methyl sites for hydroxylation is 1. The second-order valence-corrected chi connectivity index (χ2v) is 8.50. The molecule has 2 heterocycles. The van der Waals surface area contributed by atoms with Gasteiger partial charge in [-0.05, 0) is 39.8 Å². The predicted molar refractivity (Wildman–Crippen MR) is 87.2 cm³/mol. The number of sulfonamides is 1. The Bertz CT molecular complexity index is 609. The van der Waals surface area contributed by atoms with Crippen LogP contribution in [-0.4, -0.2) is 60.6 Å². The second-order valence-electron chi connectivity index (χ2n) is 6.64. The highest BCUT2D eigenvalue weighted by atomic mass is 32.2. The van der Waals surface area contributed by atoms with Crippen molar-refractivity contribution in [2.45, 2.75) is 44.0 Å². The van der Waals surface area contributed by atoms with E-state index in [1.807, 2.05) is 21.0 Å². The van der Waals surface area contributed by atoms with E-state index in [1.54, 1.807) is 16.0 Å². The van der Waals surface area contributed by atoms with E-state index in [1.165, 1.54) is 6.20 Å². The number of hydrogen-bond donors (Lipinski definition) is 0. The van der Waals surface area contributed by atoms with Crippen molar-refractivity contribution in [2.75, 3.05) is 27.2 Å². The molecule has 2 atom stereocenters. The largest absolute Gasteiger partial charge is 0.309 e. The van der Waals surface area contributed by atoms with Crippen LogP contribution in [0.1, 0.15) is 31.9 Å². The summed E-state index contributed by atoms with van der Waals surface area (Å²) in [5, 5.41) is 4.10. The summed E-state index contributed by atoms with van der Waals surface area (Å²) >= 11 is 0. The van der Waals surface area contributed by atoms with Crippen LogP contribution < -0.4 is 0 Å². The van der Waals surface area contributed by atoms with E-state index in [4.69, 9.17) is 0 Å². The van der Waals surface area contributed by atoms with E-state index in [2.05, 4.69) is 16.9 Å². The minimum Gasteiger partial charge on any atom is -0.309 e. The highest BCUT2D eigenvalue weighted by molar-refractivity contribution is 7.89. The van der Waals surface area contributed by atoms with Gasteiger partial charge in [-0.3, -0.25) is 4.68 Å². The Balaban J connectivity index is 2.32. The maximum absolute atomic E-state index is 13.1. The molecule has 0 N–H and O–H groups in total. The Kier molecular flexibility index (Phi) is 5.29. The molecule has 0 radical (unpaired) electrons. The van der Waals surface area contributed by atoms with E-state index < -0.39 is 10.0 Å². The molecule has 1 aliphatic rings. The Morgan fingerprint density at radius 3 is 2.64 bits per heavy atom. The van der Waals surface area contributed by atoms with Crippen LogP contribution in [0.5, 0.6) is 0 Å². The molecule has 0 bridgehead atoms. The molecule has 0 aromatic carbocycles. The molecule has 1 aromatic heterocycles. The van der Waals surface area contributed by atoms with E-state index in [0.29, 0.717) is 23.1 Å². The zero-order valence-corrected chi connectivity index (χ0v) is 15.1.